The highest BCUT2D eigenvalue weighted by molar-refractivity contribution is 5.94. The lowest BCUT2D eigenvalue weighted by atomic mass is 9.95. The fourth-order valence-corrected chi connectivity index (χ4v) is 2.19. The van der Waals surface area contributed by atoms with Gasteiger partial charge in [-0.05, 0) is 25.0 Å². The SMILES string of the molecule is O=C(NC1CCCCC1)c1ccc(/C=N/O)nc1. The Bertz CT molecular complexity index is 422. The second-order valence-corrected chi connectivity index (χ2v) is 4.52. The molecule has 0 unspecified atom stereocenters. The minimum atomic E-state index is -0.0816. The maximum Gasteiger partial charge on any atom is 0.253 e. The lowest BCUT2D eigenvalue weighted by molar-refractivity contribution is 0.0927. The van der Waals surface area contributed by atoms with Crippen molar-refractivity contribution in [1.29, 1.82) is 0 Å². The first-order chi connectivity index (χ1) is 8.79. The van der Waals surface area contributed by atoms with Gasteiger partial charge in [0.15, 0.2) is 0 Å². The molecule has 1 fully saturated rings. The summed E-state index contributed by atoms with van der Waals surface area (Å²) >= 11 is 0. The van der Waals surface area contributed by atoms with Crippen LogP contribution in [0.3, 0.4) is 0 Å². The van der Waals surface area contributed by atoms with E-state index in [1.54, 1.807) is 12.1 Å². The fourth-order valence-electron chi connectivity index (χ4n) is 2.19. The molecule has 5 heteroatoms. The molecule has 1 aliphatic rings. The van der Waals surface area contributed by atoms with Crippen molar-refractivity contribution < 1.29 is 10.0 Å². The summed E-state index contributed by atoms with van der Waals surface area (Å²) in [7, 11) is 0. The Morgan fingerprint density at radius 3 is 2.78 bits per heavy atom. The van der Waals surface area contributed by atoms with Gasteiger partial charge in [-0.1, -0.05) is 24.4 Å². The number of rotatable bonds is 3. The predicted octanol–water partition coefficient (Wildman–Crippen LogP) is 1.95. The Kier molecular flexibility index (Phi) is 4.28. The van der Waals surface area contributed by atoms with Crippen LogP contribution in [0.15, 0.2) is 23.5 Å². The Morgan fingerprint density at radius 1 is 1.39 bits per heavy atom. The molecular weight excluding hydrogens is 230 g/mol. The van der Waals surface area contributed by atoms with Crippen LogP contribution in [0, 0.1) is 0 Å². The monoisotopic (exact) mass is 247 g/mol. The molecule has 1 aromatic rings. The van der Waals surface area contributed by atoms with E-state index in [0.717, 1.165) is 12.8 Å². The molecule has 2 rings (SSSR count). The molecule has 0 spiro atoms. The van der Waals surface area contributed by atoms with Gasteiger partial charge in [-0.2, -0.15) is 0 Å². The summed E-state index contributed by atoms with van der Waals surface area (Å²) in [5, 5.41) is 14.3. The van der Waals surface area contributed by atoms with Crippen LogP contribution >= 0.6 is 0 Å². The first-order valence-corrected chi connectivity index (χ1v) is 6.24. The van der Waals surface area contributed by atoms with E-state index in [4.69, 9.17) is 5.21 Å². The molecule has 2 N–H and O–H groups in total. The number of oxime groups is 1. The van der Waals surface area contributed by atoms with Crippen LogP contribution in [0.4, 0.5) is 0 Å². The Balaban J connectivity index is 1.95. The average Bonchev–Trinajstić information content (AvgIpc) is 2.41. The van der Waals surface area contributed by atoms with Gasteiger partial charge in [0.05, 0.1) is 17.5 Å². The third kappa shape index (κ3) is 3.29. The summed E-state index contributed by atoms with van der Waals surface area (Å²) in [6.07, 6.45) is 8.49. The number of carbonyl (C=O) groups excluding carboxylic acids is 1. The average molecular weight is 247 g/mol. The zero-order valence-corrected chi connectivity index (χ0v) is 10.2. The van der Waals surface area contributed by atoms with Crippen LogP contribution in [-0.4, -0.2) is 28.4 Å². The first kappa shape index (κ1) is 12.5. The maximum absolute atomic E-state index is 11.9. The number of hydrogen-bond acceptors (Lipinski definition) is 4. The Morgan fingerprint density at radius 2 is 2.17 bits per heavy atom. The van der Waals surface area contributed by atoms with Gasteiger partial charge < -0.3 is 10.5 Å². The van der Waals surface area contributed by atoms with Crippen molar-refractivity contribution >= 4 is 12.1 Å². The molecule has 1 aliphatic carbocycles. The smallest absolute Gasteiger partial charge is 0.253 e. The normalized spacial score (nSPS) is 16.9. The number of aromatic nitrogens is 1. The second kappa shape index (κ2) is 6.14. The number of amides is 1. The van der Waals surface area contributed by atoms with E-state index in [1.807, 2.05) is 0 Å². The van der Waals surface area contributed by atoms with Crippen LogP contribution in [-0.2, 0) is 0 Å². The van der Waals surface area contributed by atoms with Crippen LogP contribution in [0.25, 0.3) is 0 Å². The third-order valence-electron chi connectivity index (χ3n) is 3.18. The molecule has 1 amide bonds. The van der Waals surface area contributed by atoms with Crippen LogP contribution < -0.4 is 5.32 Å². The van der Waals surface area contributed by atoms with Gasteiger partial charge in [-0.3, -0.25) is 9.78 Å². The fraction of sp³-hybridized carbons (Fsp3) is 0.462. The van der Waals surface area contributed by atoms with Gasteiger partial charge in [0.1, 0.15) is 0 Å². The molecule has 1 heterocycles. The van der Waals surface area contributed by atoms with Crippen LogP contribution in [0.2, 0.25) is 0 Å². The Labute approximate surface area is 106 Å². The number of carbonyl (C=O) groups is 1. The zero-order chi connectivity index (χ0) is 12.8. The molecule has 0 bridgehead atoms. The molecular formula is C13H17N3O2. The largest absolute Gasteiger partial charge is 0.411 e. The van der Waals surface area contributed by atoms with E-state index >= 15 is 0 Å². The summed E-state index contributed by atoms with van der Waals surface area (Å²) in [6, 6.07) is 3.63. The van der Waals surface area contributed by atoms with Crippen molar-refractivity contribution in [2.45, 2.75) is 38.1 Å². The molecule has 0 aromatic carbocycles. The van der Waals surface area contributed by atoms with Crippen LogP contribution in [0.1, 0.15) is 48.2 Å². The molecule has 0 aliphatic heterocycles. The standard InChI is InChI=1S/C13H17N3O2/c17-13(16-11-4-2-1-3-5-11)10-6-7-12(9-15-18)14-8-10/h6-9,11,18H,1-5H2,(H,16,17)/b15-9+. The lowest BCUT2D eigenvalue weighted by Crippen LogP contribution is -2.36. The van der Waals surface area contributed by atoms with Gasteiger partial charge in [-0.25, -0.2) is 0 Å². The van der Waals surface area contributed by atoms with Crippen molar-refractivity contribution in [1.82, 2.24) is 10.3 Å². The van der Waals surface area contributed by atoms with E-state index in [1.165, 1.54) is 31.7 Å². The molecule has 96 valence electrons. The van der Waals surface area contributed by atoms with Crippen molar-refractivity contribution in [3.8, 4) is 0 Å². The number of pyridine rings is 1. The minimum Gasteiger partial charge on any atom is -0.411 e. The van der Waals surface area contributed by atoms with E-state index < -0.39 is 0 Å². The maximum atomic E-state index is 11.9. The highest BCUT2D eigenvalue weighted by Gasteiger charge is 2.16. The molecule has 0 saturated heterocycles. The van der Waals surface area contributed by atoms with Gasteiger partial charge in [0.2, 0.25) is 0 Å². The summed E-state index contributed by atoms with van der Waals surface area (Å²) in [5.74, 6) is -0.0816. The van der Waals surface area contributed by atoms with E-state index in [2.05, 4.69) is 15.5 Å². The van der Waals surface area contributed by atoms with Crippen molar-refractivity contribution in [2.24, 2.45) is 5.16 Å². The number of hydrogen-bond donors (Lipinski definition) is 2. The molecule has 1 saturated carbocycles. The zero-order valence-electron chi connectivity index (χ0n) is 10.2. The molecule has 5 nitrogen and oxygen atoms in total. The number of nitrogens with zero attached hydrogens (tertiary/aromatic N) is 2. The van der Waals surface area contributed by atoms with Gasteiger partial charge in [-0.15, -0.1) is 0 Å². The van der Waals surface area contributed by atoms with Gasteiger partial charge in [0.25, 0.3) is 5.91 Å². The van der Waals surface area contributed by atoms with Crippen molar-refractivity contribution in [3.05, 3.63) is 29.6 Å². The molecule has 0 radical (unpaired) electrons. The molecule has 1 aromatic heterocycles. The summed E-state index contributed by atoms with van der Waals surface area (Å²) in [5.41, 5.74) is 1.06. The van der Waals surface area contributed by atoms with Gasteiger partial charge >= 0.3 is 0 Å². The van der Waals surface area contributed by atoms with Crippen LogP contribution in [0.5, 0.6) is 0 Å². The Hall–Kier alpha value is -1.91. The minimum absolute atomic E-state index is 0.0816. The molecule has 0 atom stereocenters. The van der Waals surface area contributed by atoms with Crippen molar-refractivity contribution in [3.63, 3.8) is 0 Å². The van der Waals surface area contributed by atoms with Crippen molar-refractivity contribution in [2.75, 3.05) is 0 Å². The summed E-state index contributed by atoms with van der Waals surface area (Å²) < 4.78 is 0. The van der Waals surface area contributed by atoms with E-state index in [9.17, 15) is 4.79 Å². The predicted molar refractivity (Wildman–Crippen MR) is 68.0 cm³/mol. The quantitative estimate of drug-likeness (QED) is 0.487. The summed E-state index contributed by atoms with van der Waals surface area (Å²) in [4.78, 5) is 16.0. The first-order valence-electron chi connectivity index (χ1n) is 6.24. The topological polar surface area (TPSA) is 74.6 Å². The van der Waals surface area contributed by atoms with Gasteiger partial charge in [0, 0.05) is 12.2 Å². The highest BCUT2D eigenvalue weighted by Crippen LogP contribution is 2.17. The number of nitrogens with one attached hydrogen (secondary N) is 1. The summed E-state index contributed by atoms with van der Waals surface area (Å²) in [6.45, 7) is 0. The van der Waals surface area contributed by atoms with E-state index in [-0.39, 0.29) is 5.91 Å². The highest BCUT2D eigenvalue weighted by atomic mass is 16.4. The lowest BCUT2D eigenvalue weighted by Gasteiger charge is -2.22. The second-order valence-electron chi connectivity index (χ2n) is 4.52. The molecule has 18 heavy (non-hydrogen) atoms. The third-order valence-corrected chi connectivity index (χ3v) is 3.18. The van der Waals surface area contributed by atoms with E-state index in [0.29, 0.717) is 17.3 Å².